The molecule has 0 unspecified atom stereocenters. The van der Waals surface area contributed by atoms with Crippen molar-refractivity contribution in [1.29, 1.82) is 0 Å². The van der Waals surface area contributed by atoms with E-state index in [1.807, 2.05) is 55.0 Å². The van der Waals surface area contributed by atoms with E-state index >= 15 is 0 Å². The van der Waals surface area contributed by atoms with E-state index in [4.69, 9.17) is 11.6 Å². The summed E-state index contributed by atoms with van der Waals surface area (Å²) in [4.78, 5) is 3.57. The van der Waals surface area contributed by atoms with Gasteiger partial charge in [-0.1, -0.05) is 41.9 Å². The second kappa shape index (κ2) is 6.44. The van der Waals surface area contributed by atoms with Gasteiger partial charge in [-0.05, 0) is 48.5 Å². The number of aromatic amines is 1. The van der Waals surface area contributed by atoms with Gasteiger partial charge in [0.05, 0.1) is 11.7 Å². The van der Waals surface area contributed by atoms with Crippen LogP contribution in [0.5, 0.6) is 0 Å². The van der Waals surface area contributed by atoms with Crippen LogP contribution >= 0.6 is 11.6 Å². The standard InChI is InChI=1S/C25H16ClFN3/c26-17-8-10-19(11-9-17)30-15-29-13-12-21-20-6-1-2-7-22(20)28-23(21)25(29)24(30)16-4-3-5-18(27)14-16/h1-15,28H/q+1. The molecule has 1 N–H and O–H groups in total. The van der Waals surface area contributed by atoms with Gasteiger partial charge < -0.3 is 4.98 Å². The molecule has 0 spiro atoms. The zero-order valence-corrected chi connectivity index (χ0v) is 16.6. The summed E-state index contributed by atoms with van der Waals surface area (Å²) in [5, 5.41) is 2.98. The molecular formula is C25H16ClFN3+. The molecule has 0 atom stereocenters. The summed E-state index contributed by atoms with van der Waals surface area (Å²) in [5.74, 6) is -0.265. The minimum absolute atomic E-state index is 0.265. The lowest BCUT2D eigenvalue weighted by Crippen LogP contribution is -2.17. The fraction of sp³-hybridized carbons (Fsp3) is 0. The summed E-state index contributed by atoms with van der Waals surface area (Å²) in [6.07, 6.45) is 4.07. The van der Waals surface area contributed by atoms with Crippen LogP contribution in [0, 0.1) is 5.82 Å². The van der Waals surface area contributed by atoms with Crippen molar-refractivity contribution in [2.24, 2.45) is 0 Å². The zero-order chi connectivity index (χ0) is 20.2. The molecule has 0 saturated carbocycles. The number of benzene rings is 3. The molecule has 6 rings (SSSR count). The van der Waals surface area contributed by atoms with Crippen LogP contribution in [0.2, 0.25) is 5.02 Å². The van der Waals surface area contributed by atoms with E-state index in [0.29, 0.717) is 5.02 Å². The van der Waals surface area contributed by atoms with Crippen molar-refractivity contribution in [2.45, 2.75) is 0 Å². The lowest BCUT2D eigenvalue weighted by molar-refractivity contribution is -0.510. The SMILES string of the molecule is Fc1cccc(-c2c3c4[nH]c5ccccc5c4cc[n+]3cn2-c2ccc(Cl)cc2)c1. The fourth-order valence-corrected chi connectivity index (χ4v) is 4.35. The number of rotatable bonds is 2. The summed E-state index contributed by atoms with van der Waals surface area (Å²) in [6, 6.07) is 24.7. The molecule has 0 aliphatic rings. The maximum absolute atomic E-state index is 14.2. The van der Waals surface area contributed by atoms with E-state index in [1.165, 1.54) is 11.5 Å². The summed E-state index contributed by atoms with van der Waals surface area (Å²) < 4.78 is 18.3. The Bertz CT molecular complexity index is 1560. The Morgan fingerprint density at radius 2 is 1.70 bits per heavy atom. The largest absolute Gasteiger partial charge is 0.351 e. The van der Waals surface area contributed by atoms with Crippen molar-refractivity contribution in [2.75, 3.05) is 0 Å². The number of hydrogen-bond donors (Lipinski definition) is 1. The maximum Gasteiger partial charge on any atom is 0.254 e. The minimum Gasteiger partial charge on any atom is -0.351 e. The molecule has 30 heavy (non-hydrogen) atoms. The number of H-pyrrole nitrogens is 1. The predicted molar refractivity (Wildman–Crippen MR) is 119 cm³/mol. The number of halogens is 2. The van der Waals surface area contributed by atoms with E-state index in [1.54, 1.807) is 12.1 Å². The lowest BCUT2D eigenvalue weighted by atomic mass is 10.1. The molecule has 3 aromatic heterocycles. The molecule has 6 aromatic rings. The highest BCUT2D eigenvalue weighted by Gasteiger charge is 2.25. The van der Waals surface area contributed by atoms with Crippen molar-refractivity contribution < 1.29 is 8.79 Å². The number of pyridine rings is 1. The van der Waals surface area contributed by atoms with Crippen LogP contribution < -0.4 is 4.40 Å². The second-order valence-corrected chi connectivity index (χ2v) is 7.79. The molecular weight excluding hydrogens is 397 g/mol. The molecule has 0 saturated heterocycles. The van der Waals surface area contributed by atoms with Crippen LogP contribution in [0.1, 0.15) is 0 Å². The summed E-state index contributed by atoms with van der Waals surface area (Å²) in [7, 11) is 0. The van der Waals surface area contributed by atoms with E-state index in [-0.39, 0.29) is 5.82 Å². The monoisotopic (exact) mass is 412 g/mol. The molecule has 0 fully saturated rings. The Kier molecular flexibility index (Phi) is 3.70. The Morgan fingerprint density at radius 3 is 2.53 bits per heavy atom. The Morgan fingerprint density at radius 1 is 0.867 bits per heavy atom. The predicted octanol–water partition coefficient (Wildman–Crippen LogP) is 6.31. The average molecular weight is 413 g/mol. The molecule has 0 radical (unpaired) electrons. The van der Waals surface area contributed by atoms with Crippen LogP contribution in [0.15, 0.2) is 91.4 Å². The number of imidazole rings is 1. The highest BCUT2D eigenvalue weighted by atomic mass is 35.5. The number of nitrogens with zero attached hydrogens (tertiary/aromatic N) is 2. The third-order valence-corrected chi connectivity index (χ3v) is 5.80. The molecule has 0 aliphatic carbocycles. The summed E-state index contributed by atoms with van der Waals surface area (Å²) in [5.41, 5.74) is 5.75. The normalized spacial score (nSPS) is 11.7. The molecule has 3 heterocycles. The smallest absolute Gasteiger partial charge is 0.254 e. The van der Waals surface area contributed by atoms with Gasteiger partial charge in [-0.15, -0.1) is 0 Å². The second-order valence-electron chi connectivity index (χ2n) is 7.35. The maximum atomic E-state index is 14.2. The summed E-state index contributed by atoms with van der Waals surface area (Å²) in [6.45, 7) is 0. The van der Waals surface area contributed by atoms with E-state index in [2.05, 4.69) is 32.2 Å². The molecule has 3 nitrogen and oxygen atoms in total. The first kappa shape index (κ1) is 17.2. The average Bonchev–Trinajstić information content (AvgIpc) is 3.33. The van der Waals surface area contributed by atoms with Crippen molar-refractivity contribution in [3.05, 3.63) is 102 Å². The first-order chi connectivity index (χ1) is 14.7. The van der Waals surface area contributed by atoms with Gasteiger partial charge in [-0.3, -0.25) is 0 Å². The Labute approximate surface area is 176 Å². The minimum atomic E-state index is -0.265. The van der Waals surface area contributed by atoms with Gasteiger partial charge in [0.15, 0.2) is 5.69 Å². The molecule has 0 aliphatic heterocycles. The third kappa shape index (κ3) is 2.54. The lowest BCUT2D eigenvalue weighted by Gasteiger charge is -2.03. The van der Waals surface area contributed by atoms with Crippen LogP contribution in [0.25, 0.3) is 44.3 Å². The summed E-state index contributed by atoms with van der Waals surface area (Å²) >= 11 is 6.11. The number of aromatic nitrogens is 3. The molecule has 0 amide bonds. The molecule has 5 heteroatoms. The first-order valence-electron chi connectivity index (χ1n) is 9.67. The van der Waals surface area contributed by atoms with Crippen LogP contribution in [-0.4, -0.2) is 9.55 Å². The number of fused-ring (bicyclic) bond motifs is 5. The van der Waals surface area contributed by atoms with Crippen LogP contribution in [-0.2, 0) is 0 Å². The van der Waals surface area contributed by atoms with Gasteiger partial charge in [0.25, 0.3) is 6.33 Å². The fourth-order valence-electron chi connectivity index (χ4n) is 4.22. The molecule has 144 valence electrons. The van der Waals surface area contributed by atoms with Gasteiger partial charge >= 0.3 is 0 Å². The topological polar surface area (TPSA) is 24.8 Å². The van der Waals surface area contributed by atoms with E-state index < -0.39 is 0 Å². The van der Waals surface area contributed by atoms with Crippen LogP contribution in [0.4, 0.5) is 4.39 Å². The first-order valence-corrected chi connectivity index (χ1v) is 10.0. The van der Waals surface area contributed by atoms with Crippen LogP contribution in [0.3, 0.4) is 0 Å². The van der Waals surface area contributed by atoms with Gasteiger partial charge in [0.2, 0.25) is 5.52 Å². The third-order valence-electron chi connectivity index (χ3n) is 5.55. The van der Waals surface area contributed by atoms with Gasteiger partial charge in [0, 0.05) is 26.9 Å². The number of hydrogen-bond acceptors (Lipinski definition) is 0. The zero-order valence-electron chi connectivity index (χ0n) is 15.8. The van der Waals surface area contributed by atoms with Gasteiger partial charge in [0.1, 0.15) is 11.5 Å². The van der Waals surface area contributed by atoms with Crippen molar-refractivity contribution in [3.8, 4) is 16.9 Å². The number of nitrogens with one attached hydrogen (secondary N) is 1. The van der Waals surface area contributed by atoms with Crippen molar-refractivity contribution >= 4 is 38.9 Å². The Balaban J connectivity index is 1.79. The van der Waals surface area contributed by atoms with E-state index in [9.17, 15) is 4.39 Å². The van der Waals surface area contributed by atoms with Crippen molar-refractivity contribution in [3.63, 3.8) is 0 Å². The quantitative estimate of drug-likeness (QED) is 0.322. The highest BCUT2D eigenvalue weighted by Crippen LogP contribution is 2.34. The number of para-hydroxylation sites is 1. The Hall–Kier alpha value is -3.63. The molecule has 3 aromatic carbocycles. The molecule has 0 bridgehead atoms. The van der Waals surface area contributed by atoms with E-state index in [0.717, 1.165) is 38.9 Å². The van der Waals surface area contributed by atoms with Crippen molar-refractivity contribution in [1.82, 2.24) is 9.55 Å². The van der Waals surface area contributed by atoms with Gasteiger partial charge in [-0.2, -0.15) is 8.97 Å². The van der Waals surface area contributed by atoms with Gasteiger partial charge in [-0.25, -0.2) is 4.39 Å². The highest BCUT2D eigenvalue weighted by molar-refractivity contribution is 6.30.